The summed E-state index contributed by atoms with van der Waals surface area (Å²) in [7, 11) is 0. The van der Waals surface area contributed by atoms with E-state index in [9.17, 15) is 4.79 Å². The number of benzene rings is 1. The quantitative estimate of drug-likeness (QED) is 0.765. The van der Waals surface area contributed by atoms with Gasteiger partial charge in [0, 0.05) is 12.3 Å². The van der Waals surface area contributed by atoms with Crippen LogP contribution in [-0.2, 0) is 4.79 Å². The average Bonchev–Trinajstić information content (AvgIpc) is 2.25. The molecule has 0 spiro atoms. The molecule has 0 bridgehead atoms. The number of Topliss-reactive ketones (excluding diaryl/α,β-unsaturated/α-hetero) is 1. The largest absolute Gasteiger partial charge is 0.493 e. The van der Waals surface area contributed by atoms with E-state index < -0.39 is 4.33 Å². The zero-order valence-electron chi connectivity index (χ0n) is 7.95. The van der Waals surface area contributed by atoms with Crippen molar-refractivity contribution in [2.75, 3.05) is 6.61 Å². The van der Waals surface area contributed by atoms with Crippen LogP contribution in [0.4, 0.5) is 0 Å². The Morgan fingerprint density at radius 1 is 1.33 bits per heavy atom. The van der Waals surface area contributed by atoms with Crippen molar-refractivity contribution in [1.29, 1.82) is 0 Å². The van der Waals surface area contributed by atoms with Gasteiger partial charge in [-0.05, 0) is 12.1 Å². The molecule has 0 radical (unpaired) electrons. The summed E-state index contributed by atoms with van der Waals surface area (Å²) in [4.78, 5) is 11.1. The smallest absolute Gasteiger partial charge is 0.182 e. The van der Waals surface area contributed by atoms with Crippen molar-refractivity contribution in [2.24, 2.45) is 5.92 Å². The minimum Gasteiger partial charge on any atom is -0.493 e. The number of carbonyl (C=O) groups excluding carboxylic acids is 1. The minimum atomic E-state index is -1.24. The SMILES string of the molecule is O=C1CC(COc2ccccc2)C1(Cl)Cl. The lowest BCUT2D eigenvalue weighted by molar-refractivity contribution is -0.129. The third-order valence-corrected chi connectivity index (χ3v) is 3.55. The van der Waals surface area contributed by atoms with E-state index in [-0.39, 0.29) is 11.7 Å². The Hall–Kier alpha value is -0.730. The first-order chi connectivity index (χ1) is 7.10. The number of ether oxygens (including phenoxy) is 1. The summed E-state index contributed by atoms with van der Waals surface area (Å²) in [5, 5.41) is 0. The molecule has 80 valence electrons. The van der Waals surface area contributed by atoms with Crippen molar-refractivity contribution in [3.63, 3.8) is 0 Å². The van der Waals surface area contributed by atoms with Crippen LogP contribution in [0.15, 0.2) is 30.3 Å². The number of hydrogen-bond acceptors (Lipinski definition) is 2. The van der Waals surface area contributed by atoms with E-state index in [1.54, 1.807) is 0 Å². The molecule has 1 atom stereocenters. The van der Waals surface area contributed by atoms with Crippen LogP contribution in [0, 0.1) is 5.92 Å². The van der Waals surface area contributed by atoms with Crippen LogP contribution < -0.4 is 4.74 Å². The van der Waals surface area contributed by atoms with Gasteiger partial charge >= 0.3 is 0 Å². The Kier molecular flexibility index (Phi) is 2.89. The van der Waals surface area contributed by atoms with Crippen molar-refractivity contribution < 1.29 is 9.53 Å². The molecule has 0 heterocycles. The van der Waals surface area contributed by atoms with Crippen LogP contribution in [0.3, 0.4) is 0 Å². The van der Waals surface area contributed by atoms with Gasteiger partial charge in [0.1, 0.15) is 5.75 Å². The molecule has 15 heavy (non-hydrogen) atoms. The van der Waals surface area contributed by atoms with Gasteiger partial charge in [0.15, 0.2) is 10.1 Å². The van der Waals surface area contributed by atoms with Gasteiger partial charge in [0.25, 0.3) is 0 Å². The molecule has 1 aliphatic carbocycles. The van der Waals surface area contributed by atoms with Gasteiger partial charge in [-0.25, -0.2) is 0 Å². The Labute approximate surface area is 98.1 Å². The first-order valence-corrected chi connectivity index (χ1v) is 5.45. The molecular formula is C11H10Cl2O2. The van der Waals surface area contributed by atoms with E-state index >= 15 is 0 Å². The standard InChI is InChI=1S/C11H10Cl2O2/c12-11(13)8(6-10(11)14)7-15-9-4-2-1-3-5-9/h1-5,8H,6-7H2. The molecule has 1 aromatic carbocycles. The Balaban J connectivity index is 1.88. The summed E-state index contributed by atoms with van der Waals surface area (Å²) in [6, 6.07) is 9.38. The van der Waals surface area contributed by atoms with E-state index in [0.29, 0.717) is 13.0 Å². The molecule has 0 aromatic heterocycles. The zero-order chi connectivity index (χ0) is 10.9. The number of rotatable bonds is 3. The molecule has 0 saturated heterocycles. The monoisotopic (exact) mass is 244 g/mol. The topological polar surface area (TPSA) is 26.3 Å². The maximum Gasteiger partial charge on any atom is 0.182 e. The van der Waals surface area contributed by atoms with Gasteiger partial charge in [0.05, 0.1) is 6.61 Å². The molecule has 4 heteroatoms. The van der Waals surface area contributed by atoms with Crippen LogP contribution in [0.25, 0.3) is 0 Å². The van der Waals surface area contributed by atoms with E-state index in [1.807, 2.05) is 30.3 Å². The van der Waals surface area contributed by atoms with Crippen molar-refractivity contribution in [1.82, 2.24) is 0 Å². The highest BCUT2D eigenvalue weighted by Gasteiger charge is 2.52. The number of hydrogen-bond donors (Lipinski definition) is 0. The van der Waals surface area contributed by atoms with Gasteiger partial charge in [-0.1, -0.05) is 41.4 Å². The van der Waals surface area contributed by atoms with E-state index in [0.717, 1.165) is 5.75 Å². The van der Waals surface area contributed by atoms with Crippen LogP contribution in [0.2, 0.25) is 0 Å². The first kappa shape index (κ1) is 10.8. The second-order valence-corrected chi connectivity index (χ2v) is 4.96. The maximum atomic E-state index is 11.1. The fraction of sp³-hybridized carbons (Fsp3) is 0.364. The van der Waals surface area contributed by atoms with Gasteiger partial charge in [-0.3, -0.25) is 4.79 Å². The molecule has 1 fully saturated rings. The second kappa shape index (κ2) is 4.03. The third-order valence-electron chi connectivity index (χ3n) is 2.51. The van der Waals surface area contributed by atoms with Gasteiger partial charge in [-0.2, -0.15) is 0 Å². The summed E-state index contributed by atoms with van der Waals surface area (Å²) in [6.07, 6.45) is 0.403. The lowest BCUT2D eigenvalue weighted by Gasteiger charge is -2.37. The number of para-hydroxylation sites is 1. The molecule has 2 nitrogen and oxygen atoms in total. The predicted octanol–water partition coefficient (Wildman–Crippen LogP) is 2.83. The fourth-order valence-corrected chi connectivity index (χ4v) is 1.90. The summed E-state index contributed by atoms with van der Waals surface area (Å²) < 4.78 is 4.23. The molecular weight excluding hydrogens is 235 g/mol. The Bertz CT molecular complexity index is 362. The Morgan fingerprint density at radius 3 is 2.53 bits per heavy atom. The zero-order valence-corrected chi connectivity index (χ0v) is 9.46. The molecule has 0 amide bonds. The predicted molar refractivity (Wildman–Crippen MR) is 59.5 cm³/mol. The lowest BCUT2D eigenvalue weighted by Crippen LogP contribution is -2.50. The lowest BCUT2D eigenvalue weighted by atomic mass is 9.83. The number of alkyl halides is 2. The Morgan fingerprint density at radius 2 is 2.00 bits per heavy atom. The van der Waals surface area contributed by atoms with Crippen molar-refractivity contribution in [2.45, 2.75) is 10.8 Å². The molecule has 1 aliphatic rings. The average molecular weight is 245 g/mol. The van der Waals surface area contributed by atoms with Crippen LogP contribution in [0.5, 0.6) is 5.75 Å². The van der Waals surface area contributed by atoms with Crippen molar-refractivity contribution >= 4 is 29.0 Å². The van der Waals surface area contributed by atoms with E-state index in [1.165, 1.54) is 0 Å². The highest BCUT2D eigenvalue weighted by Crippen LogP contribution is 2.44. The van der Waals surface area contributed by atoms with Crippen molar-refractivity contribution in [3.8, 4) is 5.75 Å². The number of carbonyl (C=O) groups is 1. The highest BCUT2D eigenvalue weighted by molar-refractivity contribution is 6.60. The molecule has 2 rings (SSSR count). The van der Waals surface area contributed by atoms with Gasteiger partial charge in [-0.15, -0.1) is 0 Å². The van der Waals surface area contributed by atoms with E-state index in [4.69, 9.17) is 27.9 Å². The van der Waals surface area contributed by atoms with Crippen LogP contribution >= 0.6 is 23.2 Å². The molecule has 0 aliphatic heterocycles. The normalized spacial score (nSPS) is 23.3. The van der Waals surface area contributed by atoms with Gasteiger partial charge in [0.2, 0.25) is 0 Å². The maximum absolute atomic E-state index is 11.1. The third kappa shape index (κ3) is 2.11. The first-order valence-electron chi connectivity index (χ1n) is 4.69. The number of ketones is 1. The fourth-order valence-electron chi connectivity index (χ4n) is 1.46. The summed E-state index contributed by atoms with van der Waals surface area (Å²) in [5.74, 6) is 0.544. The molecule has 1 saturated carbocycles. The molecule has 1 aromatic rings. The van der Waals surface area contributed by atoms with Crippen molar-refractivity contribution in [3.05, 3.63) is 30.3 Å². The van der Waals surface area contributed by atoms with Gasteiger partial charge < -0.3 is 4.74 Å². The molecule has 1 unspecified atom stereocenters. The van der Waals surface area contributed by atoms with Crippen LogP contribution in [0.1, 0.15) is 6.42 Å². The summed E-state index contributed by atoms with van der Waals surface area (Å²) in [6.45, 7) is 0.378. The number of halogens is 2. The molecule has 0 N–H and O–H groups in total. The summed E-state index contributed by atoms with van der Waals surface area (Å²) >= 11 is 11.6. The minimum absolute atomic E-state index is 0.103. The van der Waals surface area contributed by atoms with Crippen LogP contribution in [-0.4, -0.2) is 16.7 Å². The van der Waals surface area contributed by atoms with E-state index in [2.05, 4.69) is 0 Å². The second-order valence-electron chi connectivity index (χ2n) is 3.57. The highest BCUT2D eigenvalue weighted by atomic mass is 35.5. The summed E-state index contributed by atoms with van der Waals surface area (Å²) in [5.41, 5.74) is 0.